The van der Waals surface area contributed by atoms with E-state index in [2.05, 4.69) is 34.3 Å². The summed E-state index contributed by atoms with van der Waals surface area (Å²) in [5.41, 5.74) is 0.971. The van der Waals surface area contributed by atoms with Gasteiger partial charge in [-0.2, -0.15) is 5.10 Å². The molecule has 0 aliphatic heterocycles. The van der Waals surface area contributed by atoms with Crippen LogP contribution >= 0.6 is 11.6 Å². The number of aromatic amines is 1. The van der Waals surface area contributed by atoms with Crippen molar-refractivity contribution in [1.29, 1.82) is 0 Å². The highest BCUT2D eigenvalue weighted by atomic mass is 35.5. The molecular weight excluding hydrogens is 260 g/mol. The third-order valence-electron chi connectivity index (χ3n) is 3.36. The number of fused-ring (bicyclic) bond motifs is 1. The van der Waals surface area contributed by atoms with E-state index in [1.54, 1.807) is 0 Å². The number of anilines is 1. The predicted molar refractivity (Wildman–Crippen MR) is 82.0 cm³/mol. The van der Waals surface area contributed by atoms with Gasteiger partial charge in [0, 0.05) is 17.0 Å². The van der Waals surface area contributed by atoms with Crippen LogP contribution in [0.5, 0.6) is 0 Å². The minimum absolute atomic E-state index is 0.726. The Morgan fingerprint density at radius 3 is 2.84 bits per heavy atom. The van der Waals surface area contributed by atoms with Gasteiger partial charge in [0.05, 0.1) is 5.52 Å². The molecule has 1 aromatic carbocycles. The monoisotopic (exact) mass is 280 g/mol. The van der Waals surface area contributed by atoms with Crippen molar-refractivity contribution in [2.45, 2.75) is 20.3 Å². The van der Waals surface area contributed by atoms with E-state index in [4.69, 9.17) is 11.6 Å². The van der Waals surface area contributed by atoms with Crippen molar-refractivity contribution < 1.29 is 0 Å². The molecule has 5 heteroatoms. The number of H-pyrrole nitrogens is 1. The second-order valence-electron chi connectivity index (χ2n) is 4.57. The number of aromatic nitrogens is 2. The summed E-state index contributed by atoms with van der Waals surface area (Å²) in [5, 5.41) is 12.5. The SMILES string of the molecule is CCN(CC)CCCNc1n[nH]c2cc(Cl)ccc12. The van der Waals surface area contributed by atoms with Gasteiger partial charge in [-0.15, -0.1) is 0 Å². The molecule has 2 aromatic rings. The van der Waals surface area contributed by atoms with Crippen molar-refractivity contribution in [3.05, 3.63) is 23.2 Å². The maximum atomic E-state index is 5.95. The molecule has 2 rings (SSSR count). The highest BCUT2D eigenvalue weighted by Gasteiger charge is 2.05. The topological polar surface area (TPSA) is 44.0 Å². The zero-order chi connectivity index (χ0) is 13.7. The summed E-state index contributed by atoms with van der Waals surface area (Å²) in [7, 11) is 0. The lowest BCUT2D eigenvalue weighted by Gasteiger charge is -2.17. The number of benzene rings is 1. The van der Waals surface area contributed by atoms with Crippen LogP contribution in [0.15, 0.2) is 18.2 Å². The fourth-order valence-corrected chi connectivity index (χ4v) is 2.35. The lowest BCUT2D eigenvalue weighted by atomic mass is 10.2. The standard InChI is InChI=1S/C14H21ClN4/c1-3-19(4-2)9-5-8-16-14-12-7-6-11(15)10-13(12)17-18-14/h6-7,10H,3-5,8-9H2,1-2H3,(H2,16,17,18). The van der Waals surface area contributed by atoms with E-state index in [0.29, 0.717) is 0 Å². The zero-order valence-electron chi connectivity index (χ0n) is 11.5. The summed E-state index contributed by atoms with van der Waals surface area (Å²) in [5.74, 6) is 0.909. The first kappa shape index (κ1) is 14.2. The number of hydrogen-bond acceptors (Lipinski definition) is 3. The molecule has 0 bridgehead atoms. The Bertz CT molecular complexity index is 519. The van der Waals surface area contributed by atoms with Gasteiger partial charge < -0.3 is 10.2 Å². The quantitative estimate of drug-likeness (QED) is 0.765. The van der Waals surface area contributed by atoms with Crippen LogP contribution in [0.4, 0.5) is 5.82 Å². The lowest BCUT2D eigenvalue weighted by Crippen LogP contribution is -2.25. The van der Waals surface area contributed by atoms with Crippen LogP contribution in [-0.2, 0) is 0 Å². The molecule has 0 amide bonds. The van der Waals surface area contributed by atoms with E-state index in [-0.39, 0.29) is 0 Å². The largest absolute Gasteiger partial charge is 0.368 e. The number of rotatable bonds is 7. The Hall–Kier alpha value is -1.26. The molecule has 0 saturated carbocycles. The van der Waals surface area contributed by atoms with Crippen LogP contribution < -0.4 is 5.32 Å². The zero-order valence-corrected chi connectivity index (χ0v) is 12.3. The molecule has 2 N–H and O–H groups in total. The van der Waals surface area contributed by atoms with E-state index in [0.717, 1.165) is 54.3 Å². The normalized spacial score (nSPS) is 11.4. The molecule has 0 fully saturated rings. The molecule has 4 nitrogen and oxygen atoms in total. The number of hydrogen-bond donors (Lipinski definition) is 2. The molecule has 0 unspecified atom stereocenters. The fourth-order valence-electron chi connectivity index (χ4n) is 2.18. The molecule has 0 aliphatic rings. The fraction of sp³-hybridized carbons (Fsp3) is 0.500. The molecule has 0 aliphatic carbocycles. The van der Waals surface area contributed by atoms with Gasteiger partial charge in [-0.3, -0.25) is 5.10 Å². The first-order valence-corrected chi connectivity index (χ1v) is 7.22. The highest BCUT2D eigenvalue weighted by molar-refractivity contribution is 6.31. The van der Waals surface area contributed by atoms with E-state index in [1.807, 2.05) is 18.2 Å². The van der Waals surface area contributed by atoms with Gasteiger partial charge >= 0.3 is 0 Å². The molecular formula is C14H21ClN4. The van der Waals surface area contributed by atoms with Crippen LogP contribution in [0.25, 0.3) is 10.9 Å². The van der Waals surface area contributed by atoms with Gasteiger partial charge in [-0.1, -0.05) is 25.4 Å². The van der Waals surface area contributed by atoms with E-state index < -0.39 is 0 Å². The van der Waals surface area contributed by atoms with Gasteiger partial charge in [-0.05, 0) is 44.3 Å². The summed E-state index contributed by atoms with van der Waals surface area (Å²) in [6.07, 6.45) is 1.11. The van der Waals surface area contributed by atoms with Crippen molar-refractivity contribution in [2.75, 3.05) is 31.5 Å². The van der Waals surface area contributed by atoms with Crippen molar-refractivity contribution in [1.82, 2.24) is 15.1 Å². The maximum absolute atomic E-state index is 5.95. The van der Waals surface area contributed by atoms with E-state index >= 15 is 0 Å². The highest BCUT2D eigenvalue weighted by Crippen LogP contribution is 2.23. The third-order valence-corrected chi connectivity index (χ3v) is 3.60. The summed E-state index contributed by atoms with van der Waals surface area (Å²) in [6.45, 7) is 8.66. The van der Waals surface area contributed by atoms with Crippen molar-refractivity contribution in [3.63, 3.8) is 0 Å². The van der Waals surface area contributed by atoms with Gasteiger partial charge in [0.2, 0.25) is 0 Å². The van der Waals surface area contributed by atoms with Crippen molar-refractivity contribution in [3.8, 4) is 0 Å². The maximum Gasteiger partial charge on any atom is 0.155 e. The Kier molecular flexibility index (Phi) is 5.05. The van der Waals surface area contributed by atoms with Gasteiger partial charge in [-0.25, -0.2) is 0 Å². The lowest BCUT2D eigenvalue weighted by molar-refractivity contribution is 0.303. The number of halogens is 1. The van der Waals surface area contributed by atoms with Gasteiger partial charge in [0.15, 0.2) is 5.82 Å². The third kappa shape index (κ3) is 3.61. The first-order valence-electron chi connectivity index (χ1n) is 6.84. The molecule has 0 saturated heterocycles. The summed E-state index contributed by atoms with van der Waals surface area (Å²) >= 11 is 5.95. The van der Waals surface area contributed by atoms with Crippen LogP contribution in [-0.4, -0.2) is 41.3 Å². The van der Waals surface area contributed by atoms with Crippen LogP contribution in [0.2, 0.25) is 5.02 Å². The van der Waals surface area contributed by atoms with Crippen molar-refractivity contribution >= 4 is 28.3 Å². The molecule has 104 valence electrons. The molecule has 19 heavy (non-hydrogen) atoms. The van der Waals surface area contributed by atoms with Crippen LogP contribution in [0, 0.1) is 0 Å². The average Bonchev–Trinajstić information content (AvgIpc) is 2.81. The molecule has 0 spiro atoms. The predicted octanol–water partition coefficient (Wildman–Crippen LogP) is 3.36. The summed E-state index contributed by atoms with van der Waals surface area (Å²) < 4.78 is 0. The van der Waals surface area contributed by atoms with E-state index in [9.17, 15) is 0 Å². The summed E-state index contributed by atoms with van der Waals surface area (Å²) in [6, 6.07) is 5.78. The van der Waals surface area contributed by atoms with E-state index in [1.165, 1.54) is 0 Å². The summed E-state index contributed by atoms with van der Waals surface area (Å²) in [4.78, 5) is 2.42. The second kappa shape index (κ2) is 6.78. The Balaban J connectivity index is 1.88. The number of nitrogens with zero attached hydrogens (tertiary/aromatic N) is 2. The number of nitrogens with one attached hydrogen (secondary N) is 2. The Morgan fingerprint density at radius 2 is 2.11 bits per heavy atom. The molecule has 1 heterocycles. The van der Waals surface area contributed by atoms with Gasteiger partial charge in [0.1, 0.15) is 0 Å². The molecule has 0 radical (unpaired) electrons. The first-order chi connectivity index (χ1) is 9.24. The van der Waals surface area contributed by atoms with Crippen LogP contribution in [0.3, 0.4) is 0 Å². The minimum Gasteiger partial charge on any atom is -0.368 e. The van der Waals surface area contributed by atoms with Gasteiger partial charge in [0.25, 0.3) is 0 Å². The smallest absolute Gasteiger partial charge is 0.155 e. The second-order valence-corrected chi connectivity index (χ2v) is 5.01. The minimum atomic E-state index is 0.726. The Morgan fingerprint density at radius 1 is 1.32 bits per heavy atom. The van der Waals surface area contributed by atoms with Crippen molar-refractivity contribution in [2.24, 2.45) is 0 Å². The molecule has 0 atom stereocenters. The molecule has 1 aromatic heterocycles. The van der Waals surface area contributed by atoms with Crippen LogP contribution in [0.1, 0.15) is 20.3 Å². The average molecular weight is 281 g/mol. The Labute approximate surface area is 119 Å².